The van der Waals surface area contributed by atoms with E-state index in [1.165, 1.54) is 42.4 Å². The van der Waals surface area contributed by atoms with Crippen LogP contribution in [0.25, 0.3) is 17.1 Å². The predicted molar refractivity (Wildman–Crippen MR) is 137 cm³/mol. The van der Waals surface area contributed by atoms with Crippen molar-refractivity contribution in [1.29, 1.82) is 0 Å². The molecule has 0 bridgehead atoms. The van der Waals surface area contributed by atoms with E-state index < -0.39 is 0 Å². The van der Waals surface area contributed by atoms with Crippen LogP contribution in [-0.4, -0.2) is 43.8 Å². The van der Waals surface area contributed by atoms with Crippen molar-refractivity contribution in [3.05, 3.63) is 64.9 Å². The first-order chi connectivity index (χ1) is 17.2. The van der Waals surface area contributed by atoms with Gasteiger partial charge in [0, 0.05) is 29.4 Å². The molecule has 0 atom stereocenters. The highest BCUT2D eigenvalue weighted by Gasteiger charge is 2.21. The Morgan fingerprint density at radius 3 is 2.83 bits per heavy atom. The monoisotopic (exact) mass is 506 g/mol. The number of rotatable bonds is 8. The largest absolute Gasteiger partial charge is 0.495 e. The Bertz CT molecular complexity index is 1280. The summed E-state index contributed by atoms with van der Waals surface area (Å²) in [6.07, 6.45) is 9.21. The van der Waals surface area contributed by atoms with E-state index in [1.807, 2.05) is 46.3 Å². The Morgan fingerprint density at radius 1 is 1.17 bits per heavy atom. The van der Waals surface area contributed by atoms with Gasteiger partial charge in [0.1, 0.15) is 16.5 Å². The lowest BCUT2D eigenvalue weighted by molar-refractivity contribution is 0.0923. The van der Waals surface area contributed by atoms with Crippen LogP contribution in [0.3, 0.4) is 0 Å². The molecule has 1 fully saturated rings. The van der Waals surface area contributed by atoms with Crippen LogP contribution >= 0.6 is 23.1 Å². The standard InChI is InChI=1S/C25H26N6O2S2/c1-33-21-12-6-5-11-20(21)31-23(17-8-7-13-26-14-17)29-30-25(31)35-16-22-28-19(15-34-22)24(32)27-18-9-3-2-4-10-18/h5-8,11-15,18H,2-4,9-10,16H2,1H3,(H,27,32). The maximum atomic E-state index is 12.7. The summed E-state index contributed by atoms with van der Waals surface area (Å²) >= 11 is 3.01. The Labute approximate surface area is 212 Å². The van der Waals surface area contributed by atoms with Gasteiger partial charge < -0.3 is 10.1 Å². The summed E-state index contributed by atoms with van der Waals surface area (Å²) in [6, 6.07) is 11.9. The molecule has 1 N–H and O–H groups in total. The molecule has 5 rings (SSSR count). The van der Waals surface area contributed by atoms with Crippen LogP contribution in [0.1, 0.15) is 47.6 Å². The summed E-state index contributed by atoms with van der Waals surface area (Å²) < 4.78 is 7.59. The zero-order valence-corrected chi connectivity index (χ0v) is 21.0. The number of hydrogen-bond acceptors (Lipinski definition) is 8. The third-order valence-electron chi connectivity index (χ3n) is 5.93. The number of thioether (sulfide) groups is 1. The maximum absolute atomic E-state index is 12.7. The number of carbonyl (C=O) groups excluding carboxylic acids is 1. The predicted octanol–water partition coefficient (Wildman–Crippen LogP) is 5.15. The number of amides is 1. The zero-order valence-electron chi connectivity index (χ0n) is 19.4. The number of nitrogens with zero attached hydrogens (tertiary/aromatic N) is 5. The van der Waals surface area contributed by atoms with Gasteiger partial charge >= 0.3 is 0 Å². The summed E-state index contributed by atoms with van der Waals surface area (Å²) in [4.78, 5) is 21.5. The number of para-hydroxylation sites is 2. The minimum atomic E-state index is -0.0829. The first kappa shape index (κ1) is 23.5. The second kappa shape index (κ2) is 11.0. The Morgan fingerprint density at radius 2 is 2.03 bits per heavy atom. The quantitative estimate of drug-likeness (QED) is 0.330. The van der Waals surface area contributed by atoms with Crippen LogP contribution in [-0.2, 0) is 5.75 Å². The van der Waals surface area contributed by atoms with Gasteiger partial charge in [-0.2, -0.15) is 0 Å². The smallest absolute Gasteiger partial charge is 0.270 e. The summed E-state index contributed by atoms with van der Waals surface area (Å²) in [5.74, 6) is 1.88. The molecule has 3 aromatic heterocycles. The van der Waals surface area contributed by atoms with Crippen molar-refractivity contribution in [1.82, 2.24) is 30.0 Å². The van der Waals surface area contributed by atoms with Gasteiger partial charge in [-0.3, -0.25) is 14.3 Å². The highest BCUT2D eigenvalue weighted by molar-refractivity contribution is 7.98. The number of thiazole rings is 1. The van der Waals surface area contributed by atoms with E-state index in [4.69, 9.17) is 4.74 Å². The second-order valence-corrected chi connectivity index (χ2v) is 10.2. The number of ether oxygens (including phenoxy) is 1. The van der Waals surface area contributed by atoms with Gasteiger partial charge in [-0.15, -0.1) is 21.5 Å². The SMILES string of the molecule is COc1ccccc1-n1c(SCc2nc(C(=O)NC3CCCCC3)cs2)nnc1-c1cccnc1. The van der Waals surface area contributed by atoms with Crippen LogP contribution < -0.4 is 10.1 Å². The number of methoxy groups -OCH3 is 1. The average molecular weight is 507 g/mol. The zero-order chi connectivity index (χ0) is 24.0. The van der Waals surface area contributed by atoms with Crippen LogP contribution in [0.15, 0.2) is 59.3 Å². The number of carbonyl (C=O) groups is 1. The molecule has 0 saturated heterocycles. The van der Waals surface area contributed by atoms with Gasteiger partial charge in [0.05, 0.1) is 18.6 Å². The van der Waals surface area contributed by atoms with E-state index in [9.17, 15) is 4.79 Å². The fourth-order valence-corrected chi connectivity index (χ4v) is 5.93. The number of benzene rings is 1. The van der Waals surface area contributed by atoms with Crippen LogP contribution in [0.5, 0.6) is 5.75 Å². The van der Waals surface area contributed by atoms with Crippen molar-refractivity contribution in [3.8, 4) is 22.8 Å². The van der Waals surface area contributed by atoms with E-state index in [0.29, 0.717) is 22.4 Å². The van der Waals surface area contributed by atoms with E-state index >= 15 is 0 Å². The first-order valence-electron chi connectivity index (χ1n) is 11.6. The van der Waals surface area contributed by atoms with Gasteiger partial charge in [0.2, 0.25) is 0 Å². The molecule has 35 heavy (non-hydrogen) atoms. The lowest BCUT2D eigenvalue weighted by Crippen LogP contribution is -2.36. The molecule has 1 amide bonds. The Balaban J connectivity index is 1.36. The average Bonchev–Trinajstić information content (AvgIpc) is 3.56. The molecule has 0 spiro atoms. The van der Waals surface area contributed by atoms with Gasteiger partial charge in [-0.05, 0) is 37.1 Å². The molecule has 10 heteroatoms. The highest BCUT2D eigenvalue weighted by atomic mass is 32.2. The van der Waals surface area contributed by atoms with Crippen molar-refractivity contribution in [3.63, 3.8) is 0 Å². The summed E-state index contributed by atoms with van der Waals surface area (Å²) in [6.45, 7) is 0. The molecule has 180 valence electrons. The third kappa shape index (κ3) is 5.38. The fourth-order valence-electron chi connectivity index (χ4n) is 4.19. The number of hydrogen-bond donors (Lipinski definition) is 1. The Hall–Kier alpha value is -3.24. The molecular weight excluding hydrogens is 480 g/mol. The molecular formula is C25H26N6O2S2. The molecule has 1 aromatic carbocycles. The van der Waals surface area contributed by atoms with E-state index in [2.05, 4.69) is 25.5 Å². The second-order valence-electron chi connectivity index (χ2n) is 8.28. The lowest BCUT2D eigenvalue weighted by Gasteiger charge is -2.22. The molecule has 3 heterocycles. The number of pyridine rings is 1. The van der Waals surface area contributed by atoms with E-state index in [-0.39, 0.29) is 11.9 Å². The molecule has 4 aromatic rings. The van der Waals surface area contributed by atoms with E-state index in [1.54, 1.807) is 19.5 Å². The molecule has 0 aliphatic heterocycles. The van der Waals surface area contributed by atoms with Crippen molar-refractivity contribution in [2.24, 2.45) is 0 Å². The molecule has 1 aliphatic rings. The lowest BCUT2D eigenvalue weighted by atomic mass is 9.95. The van der Waals surface area contributed by atoms with Crippen LogP contribution in [0.2, 0.25) is 0 Å². The minimum Gasteiger partial charge on any atom is -0.495 e. The summed E-state index contributed by atoms with van der Waals surface area (Å²) in [5, 5.41) is 15.5. The maximum Gasteiger partial charge on any atom is 0.270 e. The topological polar surface area (TPSA) is 94.8 Å². The van der Waals surface area contributed by atoms with Crippen molar-refractivity contribution in [2.75, 3.05) is 7.11 Å². The van der Waals surface area contributed by atoms with Gasteiger partial charge in [-0.1, -0.05) is 43.2 Å². The normalized spacial score (nSPS) is 14.1. The summed E-state index contributed by atoms with van der Waals surface area (Å²) in [5.41, 5.74) is 2.18. The first-order valence-corrected chi connectivity index (χ1v) is 13.5. The van der Waals surface area contributed by atoms with Crippen molar-refractivity contribution >= 4 is 29.0 Å². The highest BCUT2D eigenvalue weighted by Crippen LogP contribution is 2.33. The summed E-state index contributed by atoms with van der Waals surface area (Å²) in [7, 11) is 1.65. The minimum absolute atomic E-state index is 0.0829. The molecule has 1 saturated carbocycles. The number of aromatic nitrogens is 5. The van der Waals surface area contributed by atoms with Gasteiger partial charge in [0.15, 0.2) is 11.0 Å². The van der Waals surface area contributed by atoms with Gasteiger partial charge in [0.25, 0.3) is 5.91 Å². The third-order valence-corrected chi connectivity index (χ3v) is 7.90. The molecule has 0 radical (unpaired) electrons. The fraction of sp³-hybridized carbons (Fsp3) is 0.320. The molecule has 1 aliphatic carbocycles. The number of nitrogens with one attached hydrogen (secondary N) is 1. The van der Waals surface area contributed by atoms with E-state index in [0.717, 1.165) is 34.8 Å². The van der Waals surface area contributed by atoms with Crippen LogP contribution in [0.4, 0.5) is 0 Å². The Kier molecular flexibility index (Phi) is 7.39. The molecule has 8 nitrogen and oxygen atoms in total. The van der Waals surface area contributed by atoms with Crippen molar-refractivity contribution < 1.29 is 9.53 Å². The molecule has 0 unspecified atom stereocenters. The van der Waals surface area contributed by atoms with Crippen LogP contribution in [0, 0.1) is 0 Å². The van der Waals surface area contributed by atoms with Crippen molar-refractivity contribution in [2.45, 2.75) is 49.1 Å². The van der Waals surface area contributed by atoms with Gasteiger partial charge in [-0.25, -0.2) is 4.98 Å².